The Kier molecular flexibility index (Phi) is 4.34. The summed E-state index contributed by atoms with van der Waals surface area (Å²) in [5, 5.41) is 0.879. The summed E-state index contributed by atoms with van der Waals surface area (Å²) >= 11 is 6.44. The average molecular weight is 281 g/mol. The molecule has 19 heavy (non-hydrogen) atoms. The predicted molar refractivity (Wildman–Crippen MR) is 82.2 cm³/mol. The van der Waals surface area contributed by atoms with Crippen molar-refractivity contribution >= 4 is 17.3 Å². The number of ether oxygens (including phenoxy) is 1. The fourth-order valence-electron chi connectivity index (χ4n) is 2.65. The molecule has 0 amide bonds. The zero-order valence-corrected chi connectivity index (χ0v) is 13.0. The predicted octanol–water partition coefficient (Wildman–Crippen LogP) is 4.34. The number of para-hydroxylation sites is 1. The zero-order valence-electron chi connectivity index (χ0n) is 12.2. The van der Waals surface area contributed by atoms with E-state index in [2.05, 4.69) is 52.0 Å². The first-order valence-electron chi connectivity index (χ1n) is 6.95. The highest BCUT2D eigenvalue weighted by Gasteiger charge is 2.43. The molecule has 1 aromatic carbocycles. The summed E-state index contributed by atoms with van der Waals surface area (Å²) < 4.78 is 6.52. The second-order valence-electron chi connectivity index (χ2n) is 5.46. The van der Waals surface area contributed by atoms with Crippen LogP contribution in [0.4, 0.5) is 5.69 Å². The summed E-state index contributed by atoms with van der Waals surface area (Å²) in [6.45, 7) is 10.0. The second-order valence-corrected chi connectivity index (χ2v) is 5.85. The smallest absolute Gasteiger partial charge is 0.210 e. The summed E-state index contributed by atoms with van der Waals surface area (Å²) in [5.41, 5.74) is 3.97. The van der Waals surface area contributed by atoms with Crippen molar-refractivity contribution in [3.63, 3.8) is 0 Å². The van der Waals surface area contributed by atoms with E-state index >= 15 is 0 Å². The summed E-state index contributed by atoms with van der Waals surface area (Å²) in [5.74, 6) is 0. The van der Waals surface area contributed by atoms with Gasteiger partial charge in [-0.1, -0.05) is 25.1 Å². The molecule has 1 aromatic rings. The van der Waals surface area contributed by atoms with Crippen molar-refractivity contribution in [2.75, 3.05) is 13.3 Å². The molecule has 3 heteroatoms. The number of nitrogens with zero attached hydrogens (tertiary/aromatic N) is 1. The van der Waals surface area contributed by atoms with E-state index in [1.165, 1.54) is 16.8 Å². The van der Waals surface area contributed by atoms with Crippen LogP contribution in [0.3, 0.4) is 0 Å². The monoisotopic (exact) mass is 280 g/mol. The van der Waals surface area contributed by atoms with Crippen molar-refractivity contribution in [3.05, 3.63) is 40.6 Å². The Bertz CT molecular complexity index is 496. The Morgan fingerprint density at radius 3 is 2.58 bits per heavy atom. The Hall–Kier alpha value is -0.830. The van der Waals surface area contributed by atoms with Gasteiger partial charge in [-0.25, -0.2) is 4.48 Å². The summed E-state index contributed by atoms with van der Waals surface area (Å²) in [7, 11) is 0. The number of halogens is 1. The fraction of sp³-hybridized carbons (Fsp3) is 0.500. The third kappa shape index (κ3) is 2.58. The van der Waals surface area contributed by atoms with E-state index in [9.17, 15) is 0 Å². The number of aryl methyl sites for hydroxylation is 2. The van der Waals surface area contributed by atoms with Crippen LogP contribution in [0.15, 0.2) is 29.4 Å². The van der Waals surface area contributed by atoms with Crippen LogP contribution in [0.2, 0.25) is 0 Å². The van der Waals surface area contributed by atoms with Crippen molar-refractivity contribution in [2.45, 2.75) is 40.2 Å². The first kappa shape index (κ1) is 14.6. The average Bonchev–Trinajstić information content (AvgIpc) is 2.38. The normalized spacial score (nSPS) is 22.3. The van der Waals surface area contributed by atoms with E-state index in [-0.39, 0.29) is 6.10 Å². The molecule has 0 N–H and O–H groups in total. The maximum Gasteiger partial charge on any atom is 0.210 e. The highest BCUT2D eigenvalue weighted by Crippen LogP contribution is 2.42. The van der Waals surface area contributed by atoms with Gasteiger partial charge in [0.15, 0.2) is 6.73 Å². The highest BCUT2D eigenvalue weighted by molar-refractivity contribution is 6.31. The topological polar surface area (TPSA) is 9.23 Å². The number of rotatable bonds is 5. The van der Waals surface area contributed by atoms with Gasteiger partial charge >= 0.3 is 0 Å². The van der Waals surface area contributed by atoms with Gasteiger partial charge in [-0.2, -0.15) is 0 Å². The molecule has 104 valence electrons. The Labute approximate surface area is 121 Å². The van der Waals surface area contributed by atoms with Crippen LogP contribution < -0.4 is 4.48 Å². The lowest BCUT2D eigenvalue weighted by atomic mass is 10.0. The van der Waals surface area contributed by atoms with Crippen molar-refractivity contribution in [1.29, 1.82) is 0 Å². The molecule has 0 radical (unpaired) electrons. The molecule has 0 aliphatic carbocycles. The zero-order chi connectivity index (χ0) is 14.0. The largest absolute Gasteiger partial charge is 0.328 e. The third-order valence-corrected chi connectivity index (χ3v) is 4.22. The molecule has 0 saturated heterocycles. The molecule has 1 heterocycles. The van der Waals surface area contributed by atoms with Gasteiger partial charge in [0.1, 0.15) is 12.2 Å². The molecular weight excluding hydrogens is 258 g/mol. The van der Waals surface area contributed by atoms with E-state index < -0.39 is 0 Å². The Balaban J connectivity index is 2.43. The van der Waals surface area contributed by atoms with Crippen LogP contribution in [0.1, 0.15) is 31.9 Å². The second kappa shape index (κ2) is 5.66. The molecule has 1 aliphatic heterocycles. The van der Waals surface area contributed by atoms with Gasteiger partial charge in [0.05, 0.1) is 6.10 Å². The van der Waals surface area contributed by atoms with Gasteiger partial charge in [-0.05, 0) is 38.8 Å². The summed E-state index contributed by atoms with van der Waals surface area (Å²) in [6.07, 6.45) is 3.31. The molecule has 0 bridgehead atoms. The molecule has 0 saturated carbocycles. The Morgan fingerprint density at radius 1 is 1.37 bits per heavy atom. The molecule has 2 rings (SSSR count). The minimum Gasteiger partial charge on any atom is -0.328 e. The fourth-order valence-corrected chi connectivity index (χ4v) is 2.92. The first-order valence-corrected chi connectivity index (χ1v) is 7.33. The van der Waals surface area contributed by atoms with Gasteiger partial charge < -0.3 is 4.74 Å². The standard InChI is InChI=1S/C16H23ClNO/c1-5-14-8-6-7-13(4)16(14)18(10-9-15(18)17)11-19-12(2)3/h6-9,12H,5,10-11H2,1-4H3/q+1. The van der Waals surface area contributed by atoms with Gasteiger partial charge in [0, 0.05) is 17.2 Å². The third-order valence-electron chi connectivity index (χ3n) is 3.74. The maximum atomic E-state index is 6.44. The van der Waals surface area contributed by atoms with Crippen molar-refractivity contribution in [3.8, 4) is 0 Å². The van der Waals surface area contributed by atoms with E-state index in [4.69, 9.17) is 16.3 Å². The number of hydrogen-bond donors (Lipinski definition) is 0. The molecule has 0 fully saturated rings. The van der Waals surface area contributed by atoms with E-state index in [0.29, 0.717) is 11.2 Å². The van der Waals surface area contributed by atoms with Crippen LogP contribution in [0.25, 0.3) is 0 Å². The van der Waals surface area contributed by atoms with E-state index in [1.54, 1.807) is 0 Å². The summed E-state index contributed by atoms with van der Waals surface area (Å²) in [6, 6.07) is 6.47. The van der Waals surface area contributed by atoms with Crippen molar-refractivity contribution in [1.82, 2.24) is 4.48 Å². The Morgan fingerprint density at radius 2 is 2.11 bits per heavy atom. The van der Waals surface area contributed by atoms with Crippen LogP contribution in [0.5, 0.6) is 0 Å². The summed E-state index contributed by atoms with van der Waals surface area (Å²) in [4.78, 5) is 0. The van der Waals surface area contributed by atoms with Crippen LogP contribution >= 0.6 is 11.6 Å². The lowest BCUT2D eigenvalue weighted by molar-refractivity contribution is 0.0113. The molecule has 2 nitrogen and oxygen atoms in total. The molecule has 0 spiro atoms. The number of hydrogen-bond acceptors (Lipinski definition) is 1. The molecule has 1 aliphatic rings. The lowest BCUT2D eigenvalue weighted by Gasteiger charge is -2.42. The van der Waals surface area contributed by atoms with Gasteiger partial charge in [0.2, 0.25) is 5.16 Å². The number of quaternary nitrogens is 1. The molecule has 0 aromatic heterocycles. The van der Waals surface area contributed by atoms with E-state index in [0.717, 1.165) is 18.1 Å². The van der Waals surface area contributed by atoms with Gasteiger partial charge in [0.25, 0.3) is 0 Å². The minimum absolute atomic E-state index is 0.217. The molecule has 1 unspecified atom stereocenters. The van der Waals surface area contributed by atoms with Crippen molar-refractivity contribution < 1.29 is 4.74 Å². The van der Waals surface area contributed by atoms with Gasteiger partial charge in [-0.15, -0.1) is 0 Å². The van der Waals surface area contributed by atoms with Crippen LogP contribution in [-0.2, 0) is 11.2 Å². The first-order chi connectivity index (χ1) is 9.01. The minimum atomic E-state index is 0.217. The number of benzene rings is 1. The molecular formula is C16H23ClNO+. The van der Waals surface area contributed by atoms with Gasteiger partial charge in [-0.3, -0.25) is 0 Å². The van der Waals surface area contributed by atoms with Crippen LogP contribution in [0, 0.1) is 6.92 Å². The highest BCUT2D eigenvalue weighted by atomic mass is 35.5. The quantitative estimate of drug-likeness (QED) is 0.576. The van der Waals surface area contributed by atoms with Crippen molar-refractivity contribution in [2.24, 2.45) is 0 Å². The van der Waals surface area contributed by atoms with Crippen LogP contribution in [-0.4, -0.2) is 19.4 Å². The SMILES string of the molecule is CCc1cccc(C)c1[N+]1(COC(C)C)CC=C1Cl. The molecule has 1 atom stereocenters. The maximum absolute atomic E-state index is 6.44. The van der Waals surface area contributed by atoms with E-state index in [1.807, 2.05) is 0 Å². The lowest BCUT2D eigenvalue weighted by Crippen LogP contribution is -2.55.